The van der Waals surface area contributed by atoms with Crippen LogP contribution in [0.5, 0.6) is 0 Å². The van der Waals surface area contributed by atoms with Crippen molar-refractivity contribution >= 4 is 51.2 Å². The van der Waals surface area contributed by atoms with Crippen LogP contribution in [0.15, 0.2) is 97.1 Å². The third-order valence-electron chi connectivity index (χ3n) is 8.15. The Hall–Kier alpha value is -4.32. The summed E-state index contributed by atoms with van der Waals surface area (Å²) in [5, 5.41) is 42.7. The van der Waals surface area contributed by atoms with Crippen LogP contribution in [-0.4, -0.2) is 51.2 Å². The van der Waals surface area contributed by atoms with Gasteiger partial charge in [-0.3, -0.25) is 0 Å². The first-order chi connectivity index (χ1) is 25.0. The fourth-order valence-electron chi connectivity index (χ4n) is 5.22. The molecule has 4 radical (unpaired) electrons. The second-order valence-corrected chi connectivity index (χ2v) is 12.2. The van der Waals surface area contributed by atoms with E-state index in [2.05, 4.69) is 27.7 Å². The van der Waals surface area contributed by atoms with Crippen molar-refractivity contribution in [3.05, 3.63) is 142 Å². The van der Waals surface area contributed by atoms with Crippen molar-refractivity contribution < 1.29 is 39.6 Å². The normalized spacial score (nSPS) is 9.74. The van der Waals surface area contributed by atoms with Crippen molar-refractivity contribution in [2.75, 3.05) is 0 Å². The summed E-state index contributed by atoms with van der Waals surface area (Å²) in [7, 11) is 0. The van der Waals surface area contributed by atoms with Gasteiger partial charge in [-0.05, 0) is 73.6 Å². The second kappa shape index (κ2) is 29.2. The SMILES string of the molecule is CCCCc1ccccc1C(=O)[O-].CCCCc1ccccc1C(=O)[O-].CCCCc1ccccc1C(=O)[O-].CCCCc1ccccc1C(=O)[O-].[Pb]. The zero-order valence-corrected chi connectivity index (χ0v) is 35.4. The number of carbonyl (C=O) groups is 4. The summed E-state index contributed by atoms with van der Waals surface area (Å²) in [5.74, 6) is -4.31. The van der Waals surface area contributed by atoms with E-state index in [4.69, 9.17) is 0 Å². The molecular formula is C44H52O8Pb-4. The minimum absolute atomic E-state index is 0. The molecule has 9 heteroatoms. The molecule has 4 aromatic rings. The van der Waals surface area contributed by atoms with Gasteiger partial charge < -0.3 is 39.6 Å². The number of aromatic carboxylic acids is 4. The van der Waals surface area contributed by atoms with E-state index in [1.165, 1.54) is 0 Å². The van der Waals surface area contributed by atoms with E-state index in [1.54, 1.807) is 48.5 Å². The summed E-state index contributed by atoms with van der Waals surface area (Å²) in [6, 6.07) is 28.1. The van der Waals surface area contributed by atoms with Gasteiger partial charge in [0.15, 0.2) is 0 Å². The zero-order valence-electron chi connectivity index (χ0n) is 31.5. The number of benzene rings is 4. The van der Waals surface area contributed by atoms with Gasteiger partial charge in [-0.25, -0.2) is 0 Å². The van der Waals surface area contributed by atoms with Crippen LogP contribution in [0.3, 0.4) is 0 Å². The first kappa shape index (κ1) is 48.7. The van der Waals surface area contributed by atoms with Crippen molar-refractivity contribution in [1.82, 2.24) is 0 Å². The standard InChI is InChI=1S/4C11H14O2.Pb/c4*1-2-3-6-9-7-4-5-8-10(9)11(12)13;/h4*4-5,7-8H,2-3,6H2,1H3,(H,12,13);/p-4. The van der Waals surface area contributed by atoms with E-state index < -0.39 is 23.9 Å². The van der Waals surface area contributed by atoms with Crippen LogP contribution >= 0.6 is 0 Å². The van der Waals surface area contributed by atoms with E-state index >= 15 is 0 Å². The average molecular weight is 916 g/mol. The summed E-state index contributed by atoms with van der Waals surface area (Å²) in [5.41, 5.74) is 4.83. The van der Waals surface area contributed by atoms with E-state index in [0.29, 0.717) is 22.3 Å². The molecule has 0 atom stereocenters. The molecule has 284 valence electrons. The average Bonchev–Trinajstić information content (AvgIpc) is 3.15. The van der Waals surface area contributed by atoms with Gasteiger partial charge in [-0.15, -0.1) is 0 Å². The van der Waals surface area contributed by atoms with E-state index in [-0.39, 0.29) is 27.3 Å². The fraction of sp³-hybridized carbons (Fsp3) is 0.364. The molecule has 0 amide bonds. The van der Waals surface area contributed by atoms with Crippen LogP contribution in [0.25, 0.3) is 0 Å². The van der Waals surface area contributed by atoms with Gasteiger partial charge >= 0.3 is 0 Å². The molecule has 53 heavy (non-hydrogen) atoms. The smallest absolute Gasteiger partial charge is 0.0718 e. The summed E-state index contributed by atoms with van der Waals surface area (Å²) < 4.78 is 0. The van der Waals surface area contributed by atoms with Crippen LogP contribution in [0.4, 0.5) is 0 Å². The largest absolute Gasteiger partial charge is 0.545 e. The van der Waals surface area contributed by atoms with Gasteiger partial charge in [0.1, 0.15) is 0 Å². The molecule has 0 spiro atoms. The monoisotopic (exact) mass is 916 g/mol. The van der Waals surface area contributed by atoms with Crippen LogP contribution in [-0.2, 0) is 25.7 Å². The number of rotatable bonds is 16. The Morgan fingerprint density at radius 3 is 0.679 bits per heavy atom. The maximum atomic E-state index is 10.7. The van der Waals surface area contributed by atoms with Crippen molar-refractivity contribution in [3.63, 3.8) is 0 Å². The molecule has 0 heterocycles. The molecule has 0 aliphatic rings. The third-order valence-corrected chi connectivity index (χ3v) is 8.15. The minimum atomic E-state index is -1.08. The molecule has 0 bridgehead atoms. The first-order valence-electron chi connectivity index (χ1n) is 18.2. The molecular weight excluding hydrogens is 864 g/mol. The predicted molar refractivity (Wildman–Crippen MR) is 203 cm³/mol. The third kappa shape index (κ3) is 19.4. The summed E-state index contributed by atoms with van der Waals surface area (Å²) in [6.45, 7) is 8.34. The summed E-state index contributed by atoms with van der Waals surface area (Å²) in [6.07, 6.45) is 11.6. The number of unbranched alkanes of at least 4 members (excludes halogenated alkanes) is 4. The van der Waals surface area contributed by atoms with Crippen LogP contribution in [0, 0.1) is 0 Å². The predicted octanol–water partition coefficient (Wildman–Crippen LogP) is 5.19. The van der Waals surface area contributed by atoms with Gasteiger partial charge in [-0.2, -0.15) is 0 Å². The Bertz CT molecular complexity index is 1420. The van der Waals surface area contributed by atoms with Gasteiger partial charge in [0.2, 0.25) is 0 Å². The Kier molecular flexibility index (Phi) is 26.8. The van der Waals surface area contributed by atoms with Crippen molar-refractivity contribution in [2.24, 2.45) is 0 Å². The molecule has 4 aromatic carbocycles. The maximum absolute atomic E-state index is 10.7. The maximum Gasteiger partial charge on any atom is 0.0718 e. The summed E-state index contributed by atoms with van der Waals surface area (Å²) in [4.78, 5) is 42.7. The molecule has 0 aliphatic heterocycles. The molecule has 0 aliphatic carbocycles. The minimum Gasteiger partial charge on any atom is -0.545 e. The first-order valence-corrected chi connectivity index (χ1v) is 18.2. The number of hydrogen-bond donors (Lipinski definition) is 0. The molecule has 0 fully saturated rings. The Labute approximate surface area is 335 Å². The zero-order chi connectivity index (χ0) is 38.7. The number of carboxylic acid groups (broad SMARTS) is 4. The Morgan fingerprint density at radius 1 is 0.358 bits per heavy atom. The molecule has 0 saturated carbocycles. The van der Waals surface area contributed by atoms with Crippen LogP contribution in [0.1, 0.15) is 143 Å². The quantitative estimate of drug-likeness (QED) is 0.139. The van der Waals surface area contributed by atoms with Crippen LogP contribution < -0.4 is 20.4 Å². The fourth-order valence-corrected chi connectivity index (χ4v) is 5.22. The van der Waals surface area contributed by atoms with E-state index in [9.17, 15) is 39.6 Å². The van der Waals surface area contributed by atoms with Gasteiger partial charge in [-0.1, -0.05) is 150 Å². The van der Waals surface area contributed by atoms with Gasteiger partial charge in [0, 0.05) is 49.6 Å². The Morgan fingerprint density at radius 2 is 0.528 bits per heavy atom. The molecule has 8 nitrogen and oxygen atoms in total. The molecule has 0 N–H and O–H groups in total. The van der Waals surface area contributed by atoms with Gasteiger partial charge in [0.25, 0.3) is 0 Å². The van der Waals surface area contributed by atoms with Crippen molar-refractivity contribution in [3.8, 4) is 0 Å². The van der Waals surface area contributed by atoms with E-state index in [0.717, 1.165) is 99.3 Å². The second-order valence-electron chi connectivity index (χ2n) is 12.2. The van der Waals surface area contributed by atoms with E-state index in [1.807, 2.05) is 48.5 Å². The van der Waals surface area contributed by atoms with Crippen molar-refractivity contribution in [1.29, 1.82) is 0 Å². The number of carboxylic acids is 4. The number of aryl methyl sites for hydroxylation is 4. The van der Waals surface area contributed by atoms with Gasteiger partial charge in [0.05, 0.1) is 23.9 Å². The number of hydrogen-bond acceptors (Lipinski definition) is 8. The van der Waals surface area contributed by atoms with Crippen LogP contribution in [0.2, 0.25) is 0 Å². The molecule has 0 unspecified atom stereocenters. The molecule has 0 saturated heterocycles. The van der Waals surface area contributed by atoms with Crippen molar-refractivity contribution in [2.45, 2.75) is 105 Å². The topological polar surface area (TPSA) is 161 Å². The summed E-state index contributed by atoms with van der Waals surface area (Å²) >= 11 is 0. The number of carbonyl (C=O) groups excluding carboxylic acids is 4. The molecule has 0 aromatic heterocycles. The molecule has 4 rings (SSSR count). The Balaban J connectivity index is 0.000000676.